The number of amides is 2. The van der Waals surface area contributed by atoms with Gasteiger partial charge < -0.3 is 20.1 Å². The second-order valence-electron chi connectivity index (χ2n) is 6.35. The van der Waals surface area contributed by atoms with Crippen molar-refractivity contribution in [2.45, 2.75) is 20.4 Å². The van der Waals surface area contributed by atoms with Gasteiger partial charge >= 0.3 is 6.03 Å². The van der Waals surface area contributed by atoms with Crippen LogP contribution in [0.15, 0.2) is 23.0 Å². The summed E-state index contributed by atoms with van der Waals surface area (Å²) in [6.45, 7) is 3.93. The average Bonchev–Trinajstić information content (AvgIpc) is 2.94. The van der Waals surface area contributed by atoms with Gasteiger partial charge in [0.05, 0.1) is 25.3 Å². The summed E-state index contributed by atoms with van der Waals surface area (Å²) >= 11 is 0. The van der Waals surface area contributed by atoms with Crippen LogP contribution in [0, 0.1) is 13.8 Å². The van der Waals surface area contributed by atoms with Crippen LogP contribution < -0.4 is 25.7 Å². The summed E-state index contributed by atoms with van der Waals surface area (Å²) in [5.41, 5.74) is 3.23. The number of carbonyl (C=O) groups is 1. The Hall–Kier alpha value is -3.49. The number of aryl methyl sites for hydroxylation is 3. The number of H-pyrrole nitrogens is 1. The number of hydrogen-bond donors (Lipinski definition) is 3. The predicted octanol–water partition coefficient (Wildman–Crippen LogP) is 2.22. The first-order valence-electron chi connectivity index (χ1n) is 8.68. The molecule has 0 unspecified atom stereocenters. The van der Waals surface area contributed by atoms with Gasteiger partial charge in [0.2, 0.25) is 0 Å². The van der Waals surface area contributed by atoms with Crippen LogP contribution >= 0.6 is 0 Å². The third kappa shape index (κ3) is 3.38. The molecule has 0 saturated heterocycles. The van der Waals surface area contributed by atoms with E-state index in [4.69, 9.17) is 9.47 Å². The van der Waals surface area contributed by atoms with Crippen LogP contribution in [0.3, 0.4) is 0 Å². The molecule has 0 aliphatic carbocycles. The number of rotatable bonds is 5. The van der Waals surface area contributed by atoms with Gasteiger partial charge in [0, 0.05) is 19.3 Å². The van der Waals surface area contributed by atoms with Crippen LogP contribution in [-0.2, 0) is 13.6 Å². The lowest BCUT2D eigenvalue weighted by atomic mass is 10.1. The number of aromatic nitrogens is 3. The Bertz CT molecular complexity index is 1100. The molecular formula is C19H23N5O4. The van der Waals surface area contributed by atoms with E-state index in [9.17, 15) is 9.59 Å². The van der Waals surface area contributed by atoms with E-state index in [1.54, 1.807) is 29.9 Å². The van der Waals surface area contributed by atoms with Crippen molar-refractivity contribution in [2.24, 2.45) is 7.05 Å². The maximum atomic E-state index is 12.4. The number of hydrogen-bond acceptors (Lipinski definition) is 5. The standard InChI is InChI=1S/C19H23N5O4/c1-10-12(11(2)21-17-15(10)18(25)23-24(17)3)9-20-19(26)22-13-7-6-8-14(27-4)16(13)28-5/h6-8H,9H2,1-5H3,(H,23,25)(H2,20,22,26). The van der Waals surface area contributed by atoms with Gasteiger partial charge in [0.15, 0.2) is 17.1 Å². The molecule has 2 amide bonds. The van der Waals surface area contributed by atoms with E-state index in [-0.39, 0.29) is 12.1 Å². The molecule has 2 aromatic heterocycles. The Kier molecular flexibility index (Phi) is 5.25. The molecular weight excluding hydrogens is 362 g/mol. The number of urea groups is 1. The first-order valence-corrected chi connectivity index (χ1v) is 8.68. The van der Waals surface area contributed by atoms with E-state index in [1.807, 2.05) is 13.8 Å². The molecule has 0 radical (unpaired) electrons. The fourth-order valence-electron chi connectivity index (χ4n) is 3.23. The largest absolute Gasteiger partial charge is 0.493 e. The van der Waals surface area contributed by atoms with Crippen molar-refractivity contribution in [1.82, 2.24) is 20.1 Å². The monoisotopic (exact) mass is 385 g/mol. The molecule has 0 atom stereocenters. The number of nitrogens with zero attached hydrogens (tertiary/aromatic N) is 2. The number of fused-ring (bicyclic) bond motifs is 1. The van der Waals surface area contributed by atoms with Crippen molar-refractivity contribution >= 4 is 22.8 Å². The van der Waals surface area contributed by atoms with E-state index in [0.717, 1.165) is 16.8 Å². The van der Waals surface area contributed by atoms with Gasteiger partial charge in [-0.15, -0.1) is 0 Å². The number of carbonyl (C=O) groups excluding carboxylic acids is 1. The average molecular weight is 385 g/mol. The quantitative estimate of drug-likeness (QED) is 0.624. The van der Waals surface area contributed by atoms with Crippen molar-refractivity contribution in [3.05, 3.63) is 45.4 Å². The van der Waals surface area contributed by atoms with E-state index in [1.165, 1.54) is 14.2 Å². The van der Waals surface area contributed by atoms with E-state index >= 15 is 0 Å². The lowest BCUT2D eigenvalue weighted by Gasteiger charge is -2.15. The highest BCUT2D eigenvalue weighted by Crippen LogP contribution is 2.34. The van der Waals surface area contributed by atoms with Crippen LogP contribution in [0.4, 0.5) is 10.5 Å². The summed E-state index contributed by atoms with van der Waals surface area (Å²) in [7, 11) is 4.77. The first kappa shape index (κ1) is 19.3. The smallest absolute Gasteiger partial charge is 0.319 e. The molecule has 0 saturated carbocycles. The lowest BCUT2D eigenvalue weighted by molar-refractivity contribution is 0.251. The molecule has 1 aromatic carbocycles. The minimum Gasteiger partial charge on any atom is -0.493 e. The Morgan fingerprint density at radius 2 is 2.00 bits per heavy atom. The topological polar surface area (TPSA) is 110 Å². The van der Waals surface area contributed by atoms with Crippen LogP contribution in [-0.4, -0.2) is 35.0 Å². The molecule has 3 aromatic rings. The van der Waals surface area contributed by atoms with Gasteiger partial charge in [-0.05, 0) is 37.1 Å². The fourth-order valence-corrected chi connectivity index (χ4v) is 3.23. The maximum absolute atomic E-state index is 12.4. The Morgan fingerprint density at radius 3 is 2.68 bits per heavy atom. The number of nitrogens with one attached hydrogen (secondary N) is 3. The summed E-state index contributed by atoms with van der Waals surface area (Å²) in [5.74, 6) is 0.955. The number of pyridine rings is 1. The molecule has 0 bridgehead atoms. The Labute approximate surface area is 161 Å². The van der Waals surface area contributed by atoms with E-state index in [2.05, 4.69) is 20.7 Å². The van der Waals surface area contributed by atoms with Crippen LogP contribution in [0.2, 0.25) is 0 Å². The Balaban J connectivity index is 1.81. The van der Waals surface area contributed by atoms with Gasteiger partial charge in [-0.2, -0.15) is 0 Å². The number of benzene rings is 1. The number of methoxy groups -OCH3 is 2. The number of aromatic amines is 1. The predicted molar refractivity (Wildman–Crippen MR) is 106 cm³/mol. The summed E-state index contributed by atoms with van der Waals surface area (Å²) < 4.78 is 12.1. The molecule has 0 aliphatic rings. The van der Waals surface area contributed by atoms with E-state index < -0.39 is 6.03 Å². The van der Waals surface area contributed by atoms with Gasteiger partial charge in [0.1, 0.15) is 0 Å². The lowest BCUT2D eigenvalue weighted by Crippen LogP contribution is -2.29. The van der Waals surface area contributed by atoms with Gasteiger partial charge in [-0.25, -0.2) is 9.78 Å². The van der Waals surface area contributed by atoms with Crippen molar-refractivity contribution in [1.29, 1.82) is 0 Å². The van der Waals surface area contributed by atoms with E-state index in [0.29, 0.717) is 28.2 Å². The molecule has 3 N–H and O–H groups in total. The summed E-state index contributed by atoms with van der Waals surface area (Å²) in [6, 6.07) is 4.80. The molecule has 2 heterocycles. The fraction of sp³-hybridized carbons (Fsp3) is 0.316. The van der Waals surface area contributed by atoms with Gasteiger partial charge in [-0.3, -0.25) is 14.6 Å². The van der Waals surface area contributed by atoms with Crippen molar-refractivity contribution < 1.29 is 14.3 Å². The molecule has 9 nitrogen and oxygen atoms in total. The molecule has 0 aliphatic heterocycles. The third-order valence-electron chi connectivity index (χ3n) is 4.65. The number of ether oxygens (including phenoxy) is 2. The molecule has 3 rings (SSSR count). The SMILES string of the molecule is COc1cccc(NC(=O)NCc2c(C)nc3c(c2C)c(=O)[nH]n3C)c1OC. The van der Waals surface area contributed by atoms with Crippen molar-refractivity contribution in [3.63, 3.8) is 0 Å². The molecule has 28 heavy (non-hydrogen) atoms. The minimum atomic E-state index is -0.410. The number of para-hydroxylation sites is 1. The summed E-state index contributed by atoms with van der Waals surface area (Å²) in [6.07, 6.45) is 0. The highest BCUT2D eigenvalue weighted by atomic mass is 16.5. The van der Waals surface area contributed by atoms with Crippen LogP contribution in [0.5, 0.6) is 11.5 Å². The minimum absolute atomic E-state index is 0.200. The second-order valence-corrected chi connectivity index (χ2v) is 6.35. The zero-order valence-electron chi connectivity index (χ0n) is 16.5. The van der Waals surface area contributed by atoms with Crippen LogP contribution in [0.25, 0.3) is 11.0 Å². The molecule has 0 fully saturated rings. The highest BCUT2D eigenvalue weighted by Gasteiger charge is 2.16. The molecule has 0 spiro atoms. The number of anilines is 1. The zero-order valence-corrected chi connectivity index (χ0v) is 16.5. The normalized spacial score (nSPS) is 10.8. The third-order valence-corrected chi connectivity index (χ3v) is 4.65. The molecule has 148 valence electrons. The second kappa shape index (κ2) is 7.63. The Morgan fingerprint density at radius 1 is 1.25 bits per heavy atom. The van der Waals surface area contributed by atoms with Gasteiger partial charge in [-0.1, -0.05) is 6.07 Å². The molecule has 9 heteroatoms. The van der Waals surface area contributed by atoms with Gasteiger partial charge in [0.25, 0.3) is 5.56 Å². The van der Waals surface area contributed by atoms with Crippen molar-refractivity contribution in [3.8, 4) is 11.5 Å². The van der Waals surface area contributed by atoms with Crippen LogP contribution in [0.1, 0.15) is 16.8 Å². The van der Waals surface area contributed by atoms with Crippen molar-refractivity contribution in [2.75, 3.05) is 19.5 Å². The summed E-state index contributed by atoms with van der Waals surface area (Å²) in [4.78, 5) is 29.0. The first-order chi connectivity index (χ1) is 13.4. The highest BCUT2D eigenvalue weighted by molar-refractivity contribution is 5.91. The summed E-state index contributed by atoms with van der Waals surface area (Å²) in [5, 5.41) is 8.79. The maximum Gasteiger partial charge on any atom is 0.319 e. The zero-order chi connectivity index (χ0) is 20.4.